The summed E-state index contributed by atoms with van der Waals surface area (Å²) in [4.78, 5) is 15.1. The smallest absolute Gasteiger partial charge is 0.319 e. The summed E-state index contributed by atoms with van der Waals surface area (Å²) in [6.45, 7) is 0.615. The van der Waals surface area contributed by atoms with Gasteiger partial charge in [-0.15, -0.1) is 11.3 Å². The third-order valence-corrected chi connectivity index (χ3v) is 4.76. The number of hydrogen-bond acceptors (Lipinski definition) is 6. The number of rotatable bonds is 4. The molecule has 2 atom stereocenters. The maximum Gasteiger partial charge on any atom is 0.319 e. The molecule has 0 aliphatic heterocycles. The topological polar surface area (TPSA) is 94.1 Å². The molecule has 0 saturated heterocycles. The zero-order valence-corrected chi connectivity index (χ0v) is 11.7. The zero-order chi connectivity index (χ0) is 14.1. The number of fused-ring (bicyclic) bond motifs is 1. The fourth-order valence-corrected chi connectivity index (χ4v) is 3.61. The Hall–Kier alpha value is -1.73. The van der Waals surface area contributed by atoms with E-state index in [9.17, 15) is 10.1 Å². The number of nitrogens with zero attached hydrogens (tertiary/aromatic N) is 2. The molecule has 106 valence electrons. The fraction of sp³-hybridized carbons (Fsp3) is 0.462. The van der Waals surface area contributed by atoms with Gasteiger partial charge in [0.25, 0.3) is 0 Å². The van der Waals surface area contributed by atoms with E-state index in [1.807, 2.05) is 6.07 Å². The summed E-state index contributed by atoms with van der Waals surface area (Å²) in [7, 11) is 0. The molecule has 3 N–H and O–H groups in total. The van der Waals surface area contributed by atoms with E-state index < -0.39 is 0 Å². The second kappa shape index (κ2) is 5.34. The number of nitro groups is 1. The molecule has 0 spiro atoms. The first-order valence-electron chi connectivity index (χ1n) is 6.68. The van der Waals surface area contributed by atoms with Gasteiger partial charge in [-0.3, -0.25) is 10.1 Å². The summed E-state index contributed by atoms with van der Waals surface area (Å²) in [5.41, 5.74) is 8.50. The molecule has 1 aliphatic carbocycles. The molecule has 3 rings (SSSR count). The maximum atomic E-state index is 11.4. The Morgan fingerprint density at radius 1 is 1.50 bits per heavy atom. The van der Waals surface area contributed by atoms with Crippen molar-refractivity contribution >= 4 is 32.9 Å². The fourth-order valence-electron chi connectivity index (χ4n) is 2.93. The average molecular weight is 292 g/mol. The molecule has 2 aromatic rings. The lowest BCUT2D eigenvalue weighted by molar-refractivity contribution is -0.382. The Labute approximate surface area is 120 Å². The van der Waals surface area contributed by atoms with Crippen molar-refractivity contribution < 1.29 is 4.92 Å². The predicted molar refractivity (Wildman–Crippen MR) is 80.1 cm³/mol. The minimum atomic E-state index is -0.350. The Bertz CT molecular complexity index is 642. The molecule has 20 heavy (non-hydrogen) atoms. The molecule has 1 fully saturated rings. The second-order valence-electron chi connectivity index (χ2n) is 5.10. The number of nitrogens with one attached hydrogen (secondary N) is 1. The molecule has 0 amide bonds. The van der Waals surface area contributed by atoms with Gasteiger partial charge in [0.2, 0.25) is 0 Å². The molecule has 0 radical (unpaired) electrons. The molecule has 2 unspecified atom stereocenters. The average Bonchev–Trinajstić information content (AvgIpc) is 3.06. The van der Waals surface area contributed by atoms with Gasteiger partial charge >= 0.3 is 5.69 Å². The highest BCUT2D eigenvalue weighted by atomic mass is 32.1. The van der Waals surface area contributed by atoms with Crippen LogP contribution < -0.4 is 11.1 Å². The van der Waals surface area contributed by atoms with E-state index in [1.165, 1.54) is 11.3 Å². The SMILES string of the molecule is NCC1CCCC1Nc1ccc2scnc2c1[N+](=O)[O-]. The molecule has 1 aromatic heterocycles. The molecular weight excluding hydrogens is 276 g/mol. The van der Waals surface area contributed by atoms with Crippen LogP contribution in [0, 0.1) is 16.0 Å². The van der Waals surface area contributed by atoms with Crippen molar-refractivity contribution in [2.45, 2.75) is 25.3 Å². The van der Waals surface area contributed by atoms with Gasteiger partial charge in [-0.25, -0.2) is 4.98 Å². The molecule has 1 heterocycles. The summed E-state index contributed by atoms with van der Waals surface area (Å²) < 4.78 is 0.837. The summed E-state index contributed by atoms with van der Waals surface area (Å²) >= 11 is 1.41. The molecule has 0 bridgehead atoms. The lowest BCUT2D eigenvalue weighted by Gasteiger charge is -2.20. The van der Waals surface area contributed by atoms with E-state index in [0.717, 1.165) is 24.0 Å². The first-order chi connectivity index (χ1) is 9.70. The van der Waals surface area contributed by atoms with Gasteiger partial charge in [0, 0.05) is 6.04 Å². The van der Waals surface area contributed by atoms with Crippen molar-refractivity contribution in [1.29, 1.82) is 0 Å². The summed E-state index contributed by atoms with van der Waals surface area (Å²) in [6.07, 6.45) is 3.21. The van der Waals surface area contributed by atoms with E-state index in [-0.39, 0.29) is 16.7 Å². The number of thiazole rings is 1. The van der Waals surface area contributed by atoms with Gasteiger partial charge in [0.15, 0.2) is 5.52 Å². The molecular formula is C13H16N4O2S. The van der Waals surface area contributed by atoms with E-state index in [2.05, 4.69) is 10.3 Å². The monoisotopic (exact) mass is 292 g/mol. The molecule has 1 saturated carbocycles. The number of benzene rings is 1. The summed E-state index contributed by atoms with van der Waals surface area (Å²) in [6, 6.07) is 3.88. The quantitative estimate of drug-likeness (QED) is 0.667. The Morgan fingerprint density at radius 2 is 2.35 bits per heavy atom. The summed E-state index contributed by atoms with van der Waals surface area (Å²) in [5, 5.41) is 14.7. The Kier molecular flexibility index (Phi) is 3.54. The molecule has 7 heteroatoms. The molecule has 6 nitrogen and oxygen atoms in total. The van der Waals surface area contributed by atoms with Crippen molar-refractivity contribution in [2.75, 3.05) is 11.9 Å². The zero-order valence-electron chi connectivity index (χ0n) is 10.9. The third kappa shape index (κ3) is 2.23. The van der Waals surface area contributed by atoms with Gasteiger partial charge in [-0.1, -0.05) is 6.42 Å². The van der Waals surface area contributed by atoms with Crippen LogP contribution in [0.4, 0.5) is 11.4 Å². The van der Waals surface area contributed by atoms with E-state index in [4.69, 9.17) is 5.73 Å². The Morgan fingerprint density at radius 3 is 3.10 bits per heavy atom. The van der Waals surface area contributed by atoms with Crippen molar-refractivity contribution in [1.82, 2.24) is 4.98 Å². The minimum Gasteiger partial charge on any atom is -0.376 e. The minimum absolute atomic E-state index is 0.0754. The standard InChI is InChI=1S/C13H16N4O2S/c14-6-8-2-1-3-9(8)16-10-4-5-11-12(15-7-20-11)13(10)17(18)19/h4-5,7-9,16H,1-3,6,14H2. The summed E-state index contributed by atoms with van der Waals surface area (Å²) in [5.74, 6) is 0.390. The van der Waals surface area contributed by atoms with Gasteiger partial charge in [-0.2, -0.15) is 0 Å². The number of hydrogen-bond donors (Lipinski definition) is 2. The second-order valence-corrected chi connectivity index (χ2v) is 5.98. The number of nitro benzene ring substituents is 1. The van der Waals surface area contributed by atoms with Crippen molar-refractivity contribution in [3.05, 3.63) is 27.8 Å². The van der Waals surface area contributed by atoms with Crippen LogP contribution in [0.3, 0.4) is 0 Å². The van der Waals surface area contributed by atoms with Crippen LogP contribution in [0.15, 0.2) is 17.6 Å². The van der Waals surface area contributed by atoms with Crippen molar-refractivity contribution in [3.63, 3.8) is 0 Å². The highest BCUT2D eigenvalue weighted by Gasteiger charge is 2.29. The highest BCUT2D eigenvalue weighted by molar-refractivity contribution is 7.16. The third-order valence-electron chi connectivity index (χ3n) is 3.96. The van der Waals surface area contributed by atoms with Crippen LogP contribution in [0.5, 0.6) is 0 Å². The van der Waals surface area contributed by atoms with Crippen LogP contribution >= 0.6 is 11.3 Å². The number of aromatic nitrogens is 1. The number of nitrogens with two attached hydrogens (primary N) is 1. The maximum absolute atomic E-state index is 11.4. The lowest BCUT2D eigenvalue weighted by Crippen LogP contribution is -2.29. The van der Waals surface area contributed by atoms with E-state index >= 15 is 0 Å². The van der Waals surface area contributed by atoms with Crippen molar-refractivity contribution in [3.8, 4) is 0 Å². The first kappa shape index (κ1) is 13.3. The van der Waals surface area contributed by atoms with Gasteiger partial charge in [0.1, 0.15) is 5.69 Å². The first-order valence-corrected chi connectivity index (χ1v) is 7.56. The largest absolute Gasteiger partial charge is 0.376 e. The van der Waals surface area contributed by atoms with Crippen LogP contribution in [-0.4, -0.2) is 22.5 Å². The van der Waals surface area contributed by atoms with Gasteiger partial charge in [-0.05, 0) is 37.4 Å². The van der Waals surface area contributed by atoms with Crippen LogP contribution in [0.2, 0.25) is 0 Å². The van der Waals surface area contributed by atoms with Crippen molar-refractivity contribution in [2.24, 2.45) is 11.7 Å². The number of anilines is 1. The van der Waals surface area contributed by atoms with E-state index in [0.29, 0.717) is 23.7 Å². The van der Waals surface area contributed by atoms with Crippen LogP contribution in [0.25, 0.3) is 10.2 Å². The predicted octanol–water partition coefficient (Wildman–Crippen LogP) is 2.74. The van der Waals surface area contributed by atoms with Crippen LogP contribution in [-0.2, 0) is 0 Å². The van der Waals surface area contributed by atoms with E-state index in [1.54, 1.807) is 11.6 Å². The molecule has 1 aromatic carbocycles. The van der Waals surface area contributed by atoms with Crippen LogP contribution in [0.1, 0.15) is 19.3 Å². The normalized spacial score (nSPS) is 22.2. The Balaban J connectivity index is 1.98. The highest BCUT2D eigenvalue weighted by Crippen LogP contribution is 2.37. The van der Waals surface area contributed by atoms with Gasteiger partial charge in [0.05, 0.1) is 15.1 Å². The lowest BCUT2D eigenvalue weighted by atomic mass is 10.0. The van der Waals surface area contributed by atoms with Gasteiger partial charge < -0.3 is 11.1 Å². The molecule has 1 aliphatic rings.